The number of nitrogens with one attached hydrogen (secondary N) is 1. The van der Waals surface area contributed by atoms with Crippen molar-refractivity contribution in [2.24, 2.45) is 0 Å². The second-order valence-corrected chi connectivity index (χ2v) is 4.59. The highest BCUT2D eigenvalue weighted by atomic mass is 16.4. The number of carboxylic acid groups (broad SMARTS) is 1. The summed E-state index contributed by atoms with van der Waals surface area (Å²) in [6, 6.07) is 5.46. The van der Waals surface area contributed by atoms with Gasteiger partial charge in [0.2, 0.25) is 0 Å². The second-order valence-electron chi connectivity index (χ2n) is 4.59. The molecule has 0 spiro atoms. The molecule has 0 radical (unpaired) electrons. The van der Waals surface area contributed by atoms with Crippen molar-refractivity contribution in [3.05, 3.63) is 29.8 Å². The summed E-state index contributed by atoms with van der Waals surface area (Å²) in [5.41, 5.74) is 1.68. The predicted molar refractivity (Wildman–Crippen MR) is 75.8 cm³/mol. The highest BCUT2D eigenvalue weighted by molar-refractivity contribution is 5.94. The standard InChI is InChI=1S/C14H20N2O4/c1-4-16(11-7-5-6-9(2)8-11)14(20)15-12(10(3)17)13(18)19/h5-8,10,12,17H,4H2,1-3H3,(H,15,20)(H,18,19)/t10-,12+/m1/s1. The van der Waals surface area contributed by atoms with Crippen molar-refractivity contribution in [2.45, 2.75) is 32.9 Å². The molecule has 110 valence electrons. The van der Waals surface area contributed by atoms with Crippen LogP contribution >= 0.6 is 0 Å². The molecular formula is C14H20N2O4. The van der Waals surface area contributed by atoms with E-state index in [1.165, 1.54) is 11.8 Å². The van der Waals surface area contributed by atoms with E-state index in [9.17, 15) is 14.7 Å². The minimum Gasteiger partial charge on any atom is -0.480 e. The van der Waals surface area contributed by atoms with Crippen molar-refractivity contribution in [2.75, 3.05) is 11.4 Å². The molecular weight excluding hydrogens is 260 g/mol. The number of urea groups is 1. The van der Waals surface area contributed by atoms with Crippen molar-refractivity contribution in [3.63, 3.8) is 0 Å². The van der Waals surface area contributed by atoms with Crippen LogP contribution in [0.15, 0.2) is 24.3 Å². The van der Waals surface area contributed by atoms with Crippen LogP contribution in [0, 0.1) is 6.92 Å². The molecule has 0 saturated heterocycles. The highest BCUT2D eigenvalue weighted by Crippen LogP contribution is 2.16. The molecule has 0 unspecified atom stereocenters. The van der Waals surface area contributed by atoms with Gasteiger partial charge in [0.05, 0.1) is 6.10 Å². The molecule has 2 amide bonds. The Labute approximate surface area is 118 Å². The summed E-state index contributed by atoms with van der Waals surface area (Å²) in [4.78, 5) is 24.6. The molecule has 0 aromatic heterocycles. The summed E-state index contributed by atoms with van der Waals surface area (Å²) >= 11 is 0. The SMILES string of the molecule is CCN(C(=O)N[C@H](C(=O)O)[C@@H](C)O)c1cccc(C)c1. The maximum atomic E-state index is 12.1. The minimum atomic E-state index is -1.33. The van der Waals surface area contributed by atoms with E-state index in [-0.39, 0.29) is 0 Å². The van der Waals surface area contributed by atoms with E-state index in [1.807, 2.05) is 25.1 Å². The fraction of sp³-hybridized carbons (Fsp3) is 0.429. The van der Waals surface area contributed by atoms with Crippen LogP contribution < -0.4 is 10.2 Å². The molecule has 0 bridgehead atoms. The Hall–Kier alpha value is -2.08. The monoisotopic (exact) mass is 280 g/mol. The van der Waals surface area contributed by atoms with Crippen LogP contribution in [0.1, 0.15) is 19.4 Å². The van der Waals surface area contributed by atoms with Gasteiger partial charge in [-0.3, -0.25) is 4.90 Å². The maximum Gasteiger partial charge on any atom is 0.328 e. The van der Waals surface area contributed by atoms with Crippen molar-refractivity contribution in [3.8, 4) is 0 Å². The average molecular weight is 280 g/mol. The lowest BCUT2D eigenvalue weighted by Crippen LogP contribution is -2.52. The van der Waals surface area contributed by atoms with Crippen LogP contribution in [0.2, 0.25) is 0 Å². The van der Waals surface area contributed by atoms with E-state index in [4.69, 9.17) is 5.11 Å². The Morgan fingerprint density at radius 1 is 1.40 bits per heavy atom. The van der Waals surface area contributed by atoms with Crippen molar-refractivity contribution >= 4 is 17.7 Å². The molecule has 2 atom stereocenters. The number of amides is 2. The molecule has 6 heteroatoms. The van der Waals surface area contributed by atoms with Crippen LogP contribution in [-0.4, -0.2) is 40.9 Å². The fourth-order valence-electron chi connectivity index (χ4n) is 1.84. The molecule has 0 heterocycles. The first-order valence-corrected chi connectivity index (χ1v) is 6.42. The van der Waals surface area contributed by atoms with E-state index in [0.29, 0.717) is 12.2 Å². The summed E-state index contributed by atoms with van der Waals surface area (Å²) in [5.74, 6) is -1.27. The van der Waals surface area contributed by atoms with E-state index in [0.717, 1.165) is 5.56 Å². The zero-order valence-corrected chi connectivity index (χ0v) is 11.8. The lowest BCUT2D eigenvalue weighted by Gasteiger charge is -2.25. The van der Waals surface area contributed by atoms with Gasteiger partial charge in [-0.25, -0.2) is 9.59 Å². The molecule has 0 aliphatic carbocycles. The molecule has 0 fully saturated rings. The van der Waals surface area contributed by atoms with E-state index in [2.05, 4.69) is 5.32 Å². The number of carbonyl (C=O) groups is 2. The maximum absolute atomic E-state index is 12.1. The van der Waals surface area contributed by atoms with Crippen molar-refractivity contribution in [1.82, 2.24) is 5.32 Å². The van der Waals surface area contributed by atoms with E-state index < -0.39 is 24.1 Å². The van der Waals surface area contributed by atoms with Gasteiger partial charge in [0.1, 0.15) is 0 Å². The first kappa shape index (κ1) is 16.0. The molecule has 20 heavy (non-hydrogen) atoms. The van der Waals surface area contributed by atoms with Crippen molar-refractivity contribution in [1.29, 1.82) is 0 Å². The number of aliphatic hydroxyl groups excluding tert-OH is 1. The molecule has 1 aromatic rings. The normalized spacial score (nSPS) is 13.4. The van der Waals surface area contributed by atoms with Gasteiger partial charge in [-0.05, 0) is 38.5 Å². The molecule has 0 saturated carbocycles. The molecule has 3 N–H and O–H groups in total. The Morgan fingerprint density at radius 3 is 2.50 bits per heavy atom. The van der Waals surface area contributed by atoms with Crippen LogP contribution in [0.4, 0.5) is 10.5 Å². The van der Waals surface area contributed by atoms with Gasteiger partial charge in [0, 0.05) is 12.2 Å². The number of aryl methyl sites for hydroxylation is 1. The van der Waals surface area contributed by atoms with E-state index in [1.54, 1.807) is 13.0 Å². The number of anilines is 1. The third kappa shape index (κ3) is 3.96. The van der Waals surface area contributed by atoms with Crippen LogP contribution in [0.3, 0.4) is 0 Å². The largest absolute Gasteiger partial charge is 0.480 e. The summed E-state index contributed by atoms with van der Waals surface area (Å²) in [6.07, 6.45) is -1.17. The van der Waals surface area contributed by atoms with Crippen LogP contribution in [0.5, 0.6) is 0 Å². The molecule has 1 aromatic carbocycles. The lowest BCUT2D eigenvalue weighted by atomic mass is 10.2. The minimum absolute atomic E-state index is 0.390. The fourth-order valence-corrected chi connectivity index (χ4v) is 1.84. The van der Waals surface area contributed by atoms with Gasteiger partial charge in [-0.15, -0.1) is 0 Å². The third-order valence-corrected chi connectivity index (χ3v) is 2.90. The second kappa shape index (κ2) is 6.91. The Morgan fingerprint density at radius 2 is 2.05 bits per heavy atom. The van der Waals surface area contributed by atoms with Gasteiger partial charge in [0.15, 0.2) is 6.04 Å². The quantitative estimate of drug-likeness (QED) is 0.759. The summed E-state index contributed by atoms with van der Waals surface area (Å²) < 4.78 is 0. The Balaban J connectivity index is 2.90. The number of carbonyl (C=O) groups excluding carboxylic acids is 1. The van der Waals surface area contributed by atoms with Gasteiger partial charge < -0.3 is 15.5 Å². The van der Waals surface area contributed by atoms with Crippen molar-refractivity contribution < 1.29 is 19.8 Å². The number of rotatable bonds is 5. The topological polar surface area (TPSA) is 89.9 Å². The molecule has 1 rings (SSSR count). The van der Waals surface area contributed by atoms with E-state index >= 15 is 0 Å². The number of carboxylic acids is 1. The number of hydrogen-bond acceptors (Lipinski definition) is 3. The first-order valence-electron chi connectivity index (χ1n) is 6.42. The number of aliphatic carboxylic acids is 1. The zero-order chi connectivity index (χ0) is 15.3. The van der Waals surface area contributed by atoms with Gasteiger partial charge in [-0.1, -0.05) is 12.1 Å². The number of aliphatic hydroxyl groups is 1. The van der Waals surface area contributed by atoms with Gasteiger partial charge >= 0.3 is 12.0 Å². The Bertz CT molecular complexity index is 488. The number of nitrogens with zero attached hydrogens (tertiary/aromatic N) is 1. The molecule has 6 nitrogen and oxygen atoms in total. The third-order valence-electron chi connectivity index (χ3n) is 2.90. The van der Waals surface area contributed by atoms with Gasteiger partial charge in [-0.2, -0.15) is 0 Å². The molecule has 0 aliphatic heterocycles. The zero-order valence-electron chi connectivity index (χ0n) is 11.8. The first-order chi connectivity index (χ1) is 9.36. The van der Waals surface area contributed by atoms with Gasteiger partial charge in [0.25, 0.3) is 0 Å². The summed E-state index contributed by atoms with van der Waals surface area (Å²) in [6.45, 7) is 5.41. The molecule has 0 aliphatic rings. The number of benzene rings is 1. The smallest absolute Gasteiger partial charge is 0.328 e. The average Bonchev–Trinajstić information content (AvgIpc) is 2.36. The summed E-state index contributed by atoms with van der Waals surface area (Å²) in [7, 11) is 0. The number of hydrogen-bond donors (Lipinski definition) is 3. The lowest BCUT2D eigenvalue weighted by molar-refractivity contribution is -0.141. The predicted octanol–water partition coefficient (Wildman–Crippen LogP) is 1.36. The van der Waals surface area contributed by atoms with Crippen LogP contribution in [-0.2, 0) is 4.79 Å². The Kier molecular flexibility index (Phi) is 5.52. The highest BCUT2D eigenvalue weighted by Gasteiger charge is 2.27. The summed E-state index contributed by atoms with van der Waals surface area (Å²) in [5, 5.41) is 20.7. The van der Waals surface area contributed by atoms with Crippen LogP contribution in [0.25, 0.3) is 0 Å².